The third-order valence-corrected chi connectivity index (χ3v) is 2.19. The van der Waals surface area contributed by atoms with Crippen molar-refractivity contribution in [1.82, 2.24) is 34.7 Å². The second-order valence-corrected chi connectivity index (χ2v) is 3.23. The number of fused-ring (bicyclic) bond motifs is 1. The van der Waals surface area contributed by atoms with Crippen LogP contribution in [-0.2, 0) is 0 Å². The number of nitrogen functional groups attached to an aromatic ring is 1. The fourth-order valence-corrected chi connectivity index (χ4v) is 1.52. The van der Waals surface area contributed by atoms with Crippen LogP contribution in [0.3, 0.4) is 0 Å². The van der Waals surface area contributed by atoms with E-state index in [1.54, 1.807) is 17.9 Å². The molecule has 0 aliphatic rings. The van der Waals surface area contributed by atoms with Crippen LogP contribution in [0.2, 0.25) is 0 Å². The Labute approximate surface area is 89.6 Å². The molecule has 8 heteroatoms. The summed E-state index contributed by atoms with van der Waals surface area (Å²) in [5.74, 6) is 1.46. The molecule has 0 atom stereocenters. The van der Waals surface area contributed by atoms with Gasteiger partial charge in [-0.1, -0.05) is 0 Å². The second kappa shape index (κ2) is 2.99. The van der Waals surface area contributed by atoms with Gasteiger partial charge in [0.1, 0.15) is 17.7 Å². The van der Waals surface area contributed by atoms with Crippen molar-refractivity contribution in [1.29, 1.82) is 0 Å². The number of hydrogen-bond acceptors (Lipinski definition) is 6. The van der Waals surface area contributed by atoms with Crippen molar-refractivity contribution in [3.63, 3.8) is 0 Å². The smallest absolute Gasteiger partial charge is 0.240 e. The number of aromatic amines is 1. The summed E-state index contributed by atoms with van der Waals surface area (Å²) in [5.41, 5.74) is 6.81. The molecule has 0 aliphatic heterocycles. The number of H-pyrrole nitrogens is 1. The van der Waals surface area contributed by atoms with Gasteiger partial charge in [-0.15, -0.1) is 5.10 Å². The van der Waals surface area contributed by atoms with Crippen molar-refractivity contribution in [2.75, 3.05) is 5.73 Å². The van der Waals surface area contributed by atoms with Gasteiger partial charge in [-0.25, -0.2) is 15.0 Å². The molecule has 3 heterocycles. The molecule has 0 radical (unpaired) electrons. The Balaban J connectivity index is 2.33. The summed E-state index contributed by atoms with van der Waals surface area (Å²) >= 11 is 0. The highest BCUT2D eigenvalue weighted by molar-refractivity contribution is 5.77. The number of nitrogens with one attached hydrogen (secondary N) is 1. The van der Waals surface area contributed by atoms with E-state index < -0.39 is 0 Å². The molecule has 0 aromatic carbocycles. The molecule has 0 saturated heterocycles. The quantitative estimate of drug-likeness (QED) is 0.583. The summed E-state index contributed by atoms with van der Waals surface area (Å²) in [6.07, 6.45) is 2.98. The van der Waals surface area contributed by atoms with Crippen LogP contribution >= 0.6 is 0 Å². The van der Waals surface area contributed by atoms with Crippen LogP contribution in [-0.4, -0.2) is 34.7 Å². The number of rotatable bonds is 1. The Morgan fingerprint density at radius 2 is 2.19 bits per heavy atom. The van der Waals surface area contributed by atoms with Gasteiger partial charge in [0.2, 0.25) is 5.95 Å². The molecule has 3 rings (SSSR count). The van der Waals surface area contributed by atoms with Gasteiger partial charge < -0.3 is 10.7 Å². The molecule has 0 amide bonds. The van der Waals surface area contributed by atoms with Crippen molar-refractivity contribution < 1.29 is 0 Å². The molecule has 16 heavy (non-hydrogen) atoms. The van der Waals surface area contributed by atoms with E-state index in [9.17, 15) is 0 Å². The predicted octanol–water partition coefficient (Wildman–Crippen LogP) is -0.176. The lowest BCUT2D eigenvalue weighted by atomic mass is 10.5. The maximum absolute atomic E-state index is 5.52. The van der Waals surface area contributed by atoms with Crippen molar-refractivity contribution in [3.05, 3.63) is 18.5 Å². The lowest BCUT2D eigenvalue weighted by molar-refractivity contribution is 0.815. The van der Waals surface area contributed by atoms with Crippen molar-refractivity contribution in [3.8, 4) is 5.82 Å². The Bertz CT molecular complexity index is 651. The van der Waals surface area contributed by atoms with Crippen LogP contribution in [0.1, 0.15) is 5.82 Å². The molecule has 0 saturated carbocycles. The minimum Gasteiger partial charge on any atom is -0.366 e. The average Bonchev–Trinajstić information content (AvgIpc) is 2.84. The molecule has 80 valence electrons. The maximum atomic E-state index is 5.52. The van der Waals surface area contributed by atoms with Gasteiger partial charge in [0, 0.05) is 0 Å². The van der Waals surface area contributed by atoms with E-state index in [2.05, 4.69) is 30.0 Å². The summed E-state index contributed by atoms with van der Waals surface area (Å²) < 4.78 is 1.55. The van der Waals surface area contributed by atoms with Gasteiger partial charge in [-0.3, -0.25) is 0 Å². The van der Waals surface area contributed by atoms with Gasteiger partial charge >= 0.3 is 0 Å². The number of aryl methyl sites for hydroxylation is 1. The largest absolute Gasteiger partial charge is 0.366 e. The van der Waals surface area contributed by atoms with Crippen LogP contribution in [0.25, 0.3) is 17.0 Å². The van der Waals surface area contributed by atoms with E-state index in [4.69, 9.17) is 5.73 Å². The highest BCUT2D eigenvalue weighted by atomic mass is 15.4. The van der Waals surface area contributed by atoms with Crippen molar-refractivity contribution in [2.45, 2.75) is 6.92 Å². The predicted molar refractivity (Wildman–Crippen MR) is 55.8 cm³/mol. The number of imidazole rings is 1. The van der Waals surface area contributed by atoms with Crippen LogP contribution in [0.15, 0.2) is 12.7 Å². The molecule has 0 bridgehead atoms. The molecular formula is C8H8N8. The van der Waals surface area contributed by atoms with Crippen LogP contribution in [0, 0.1) is 6.92 Å². The first-order valence-electron chi connectivity index (χ1n) is 4.59. The third-order valence-electron chi connectivity index (χ3n) is 2.19. The van der Waals surface area contributed by atoms with Gasteiger partial charge in [0.25, 0.3) is 0 Å². The number of nitrogens with two attached hydrogens (primary N) is 1. The molecule has 0 aliphatic carbocycles. The highest BCUT2D eigenvalue weighted by Crippen LogP contribution is 2.15. The number of anilines is 1. The van der Waals surface area contributed by atoms with E-state index in [0.717, 1.165) is 0 Å². The van der Waals surface area contributed by atoms with Crippen molar-refractivity contribution in [2.24, 2.45) is 0 Å². The summed E-state index contributed by atoms with van der Waals surface area (Å²) in [7, 11) is 0. The van der Waals surface area contributed by atoms with E-state index in [0.29, 0.717) is 22.8 Å². The summed E-state index contributed by atoms with van der Waals surface area (Å²) in [6, 6.07) is 0. The number of hydrogen-bond donors (Lipinski definition) is 2. The minimum atomic E-state index is 0.212. The second-order valence-electron chi connectivity index (χ2n) is 3.23. The fraction of sp³-hybridized carbons (Fsp3) is 0.125. The zero-order valence-corrected chi connectivity index (χ0v) is 8.42. The van der Waals surface area contributed by atoms with Gasteiger partial charge in [-0.05, 0) is 6.92 Å². The first-order valence-corrected chi connectivity index (χ1v) is 4.59. The Morgan fingerprint density at radius 1 is 1.31 bits per heavy atom. The maximum Gasteiger partial charge on any atom is 0.240 e. The fourth-order valence-electron chi connectivity index (χ4n) is 1.52. The molecular weight excluding hydrogens is 208 g/mol. The van der Waals surface area contributed by atoms with Gasteiger partial charge in [0.05, 0.1) is 6.33 Å². The molecule has 3 N–H and O–H groups in total. The zero-order chi connectivity index (χ0) is 11.1. The molecule has 3 aromatic heterocycles. The zero-order valence-electron chi connectivity index (χ0n) is 8.42. The van der Waals surface area contributed by atoms with Crippen LogP contribution in [0.5, 0.6) is 0 Å². The lowest BCUT2D eigenvalue weighted by Gasteiger charge is -2.01. The lowest BCUT2D eigenvalue weighted by Crippen LogP contribution is -2.04. The van der Waals surface area contributed by atoms with Crippen molar-refractivity contribution >= 4 is 17.1 Å². The van der Waals surface area contributed by atoms with E-state index in [1.165, 1.54) is 6.33 Å². The molecule has 0 spiro atoms. The molecule has 3 aromatic rings. The topological polar surface area (TPSA) is 111 Å². The van der Waals surface area contributed by atoms with Gasteiger partial charge in [-0.2, -0.15) is 9.67 Å². The summed E-state index contributed by atoms with van der Waals surface area (Å²) in [5, 5.41) is 4.06. The first kappa shape index (κ1) is 8.77. The molecule has 8 nitrogen and oxygen atoms in total. The van der Waals surface area contributed by atoms with Gasteiger partial charge in [0.15, 0.2) is 11.5 Å². The molecule has 0 fully saturated rings. The number of aromatic nitrogens is 7. The normalized spacial score (nSPS) is 11.1. The Morgan fingerprint density at radius 3 is 2.94 bits per heavy atom. The summed E-state index contributed by atoms with van der Waals surface area (Å²) in [6.45, 7) is 1.80. The molecule has 0 unspecified atom stereocenters. The van der Waals surface area contributed by atoms with E-state index in [1.807, 2.05) is 0 Å². The summed E-state index contributed by atoms with van der Waals surface area (Å²) in [4.78, 5) is 19.2. The first-order chi connectivity index (χ1) is 7.75. The minimum absolute atomic E-state index is 0.212. The standard InChI is InChI=1S/C8H8N8/c1-4-14-8(9)15-16(4)7-5-6(11-2-10-5)12-3-13-7/h2-3H,1H3,(H2,9,15)(H,10,11,12,13). The highest BCUT2D eigenvalue weighted by Gasteiger charge is 2.12. The SMILES string of the molecule is Cc1nc(N)nn1-c1ncnc2nc[nH]c12. The Kier molecular flexibility index (Phi) is 1.64. The van der Waals surface area contributed by atoms with Crippen LogP contribution < -0.4 is 5.73 Å². The number of nitrogens with zero attached hydrogens (tertiary/aromatic N) is 6. The average molecular weight is 216 g/mol. The monoisotopic (exact) mass is 216 g/mol. The van der Waals surface area contributed by atoms with Crippen LogP contribution in [0.4, 0.5) is 5.95 Å². The Hall–Kier alpha value is -2.51. The van der Waals surface area contributed by atoms with E-state index >= 15 is 0 Å². The third kappa shape index (κ3) is 1.13. The van der Waals surface area contributed by atoms with E-state index in [-0.39, 0.29) is 5.95 Å².